The van der Waals surface area contributed by atoms with E-state index in [1.54, 1.807) is 6.07 Å². The topological polar surface area (TPSA) is 101 Å². The molecule has 0 bridgehead atoms. The molecule has 3 rings (SSSR count). The molecular weight excluding hydrogens is 336 g/mol. The molecule has 1 N–H and O–H groups in total. The van der Waals surface area contributed by atoms with E-state index in [0.717, 1.165) is 5.56 Å². The van der Waals surface area contributed by atoms with E-state index in [-0.39, 0.29) is 11.3 Å². The summed E-state index contributed by atoms with van der Waals surface area (Å²) < 4.78 is 0. The van der Waals surface area contributed by atoms with Crippen LogP contribution in [0.2, 0.25) is 0 Å². The number of carboxylic acids is 1. The Balaban J connectivity index is 1.87. The quantitative estimate of drug-likeness (QED) is 0.503. The van der Waals surface area contributed by atoms with Crippen LogP contribution in [-0.2, 0) is 10.2 Å². The summed E-state index contributed by atoms with van der Waals surface area (Å²) in [6, 6.07) is 13.3. The molecule has 1 aliphatic heterocycles. The van der Waals surface area contributed by atoms with E-state index < -0.39 is 16.3 Å². The number of carbonyl (C=O) groups is 2. The van der Waals surface area contributed by atoms with Gasteiger partial charge in [0.2, 0.25) is 0 Å². The van der Waals surface area contributed by atoms with Gasteiger partial charge in [0.1, 0.15) is 0 Å². The molecule has 134 valence electrons. The molecular formula is C19H18N2O5. The summed E-state index contributed by atoms with van der Waals surface area (Å²) in [5.74, 6) is -0.859. The fourth-order valence-electron chi connectivity index (χ4n) is 3.55. The predicted molar refractivity (Wildman–Crippen MR) is 95.7 cm³/mol. The molecule has 26 heavy (non-hydrogen) atoms. The lowest BCUT2D eigenvalue weighted by molar-refractivity contribution is -0.384. The van der Waals surface area contributed by atoms with Crippen LogP contribution in [0, 0.1) is 10.1 Å². The van der Waals surface area contributed by atoms with Crippen molar-refractivity contribution in [2.75, 3.05) is 18.0 Å². The highest BCUT2D eigenvalue weighted by molar-refractivity contribution is 5.86. The first-order chi connectivity index (χ1) is 12.5. The molecule has 1 aliphatic rings. The Bertz CT molecular complexity index is 842. The number of carboxylic acid groups (broad SMARTS) is 1. The Hall–Kier alpha value is -3.22. The molecule has 0 amide bonds. The molecule has 1 saturated heterocycles. The van der Waals surface area contributed by atoms with Crippen molar-refractivity contribution in [1.82, 2.24) is 0 Å². The molecule has 1 heterocycles. The second-order valence-corrected chi connectivity index (χ2v) is 6.36. The van der Waals surface area contributed by atoms with Gasteiger partial charge in [-0.25, -0.2) is 0 Å². The normalized spacial score (nSPS) is 16.1. The number of anilines is 1. The van der Waals surface area contributed by atoms with Crippen LogP contribution >= 0.6 is 0 Å². The number of benzene rings is 2. The van der Waals surface area contributed by atoms with Crippen LogP contribution in [0.4, 0.5) is 11.4 Å². The minimum Gasteiger partial charge on any atom is -0.481 e. The summed E-state index contributed by atoms with van der Waals surface area (Å²) in [4.78, 5) is 35.6. The Kier molecular flexibility index (Phi) is 4.71. The van der Waals surface area contributed by atoms with Crippen LogP contribution in [-0.4, -0.2) is 35.4 Å². The van der Waals surface area contributed by atoms with Crippen LogP contribution in [0.15, 0.2) is 48.5 Å². The number of nitro groups is 1. The Morgan fingerprint density at radius 3 is 2.35 bits per heavy atom. The molecule has 1 fully saturated rings. The van der Waals surface area contributed by atoms with Gasteiger partial charge in [-0.1, -0.05) is 30.3 Å². The zero-order valence-electron chi connectivity index (χ0n) is 14.0. The lowest BCUT2D eigenvalue weighted by Gasteiger charge is -2.40. The van der Waals surface area contributed by atoms with Crippen LogP contribution in [0.3, 0.4) is 0 Å². The van der Waals surface area contributed by atoms with Crippen molar-refractivity contribution >= 4 is 23.6 Å². The van der Waals surface area contributed by atoms with Gasteiger partial charge in [0.15, 0.2) is 6.29 Å². The van der Waals surface area contributed by atoms with E-state index in [1.165, 1.54) is 12.1 Å². The monoisotopic (exact) mass is 354 g/mol. The first-order valence-electron chi connectivity index (χ1n) is 8.25. The van der Waals surface area contributed by atoms with Gasteiger partial charge in [-0.2, -0.15) is 0 Å². The predicted octanol–water partition coefficient (Wildman–Crippen LogP) is 3.03. The third-order valence-corrected chi connectivity index (χ3v) is 5.04. The van der Waals surface area contributed by atoms with Gasteiger partial charge in [-0.05, 0) is 24.5 Å². The maximum atomic E-state index is 12.0. The fourth-order valence-corrected chi connectivity index (χ4v) is 3.55. The van der Waals surface area contributed by atoms with Gasteiger partial charge in [-0.3, -0.25) is 19.7 Å². The van der Waals surface area contributed by atoms with Crippen molar-refractivity contribution in [3.63, 3.8) is 0 Å². The second kappa shape index (κ2) is 6.95. The largest absolute Gasteiger partial charge is 0.481 e. The molecule has 0 unspecified atom stereocenters. The number of nitro benzene ring substituents is 1. The first kappa shape index (κ1) is 17.6. The lowest BCUT2D eigenvalue weighted by Crippen LogP contribution is -2.47. The summed E-state index contributed by atoms with van der Waals surface area (Å²) in [5.41, 5.74) is 0.503. The van der Waals surface area contributed by atoms with Gasteiger partial charge in [0, 0.05) is 36.5 Å². The second-order valence-electron chi connectivity index (χ2n) is 6.36. The van der Waals surface area contributed by atoms with Crippen LogP contribution in [0.25, 0.3) is 0 Å². The van der Waals surface area contributed by atoms with E-state index >= 15 is 0 Å². The maximum Gasteiger partial charge on any atom is 0.314 e. The number of aldehydes is 1. The number of hydrogen-bond acceptors (Lipinski definition) is 5. The van der Waals surface area contributed by atoms with Crippen molar-refractivity contribution in [2.45, 2.75) is 18.3 Å². The van der Waals surface area contributed by atoms with Crippen LogP contribution in [0.5, 0.6) is 0 Å². The average molecular weight is 354 g/mol. The summed E-state index contributed by atoms with van der Waals surface area (Å²) in [5, 5.41) is 20.7. The summed E-state index contributed by atoms with van der Waals surface area (Å²) >= 11 is 0. The van der Waals surface area contributed by atoms with Gasteiger partial charge in [0.05, 0.1) is 10.3 Å². The molecule has 0 aliphatic carbocycles. The van der Waals surface area contributed by atoms with Crippen molar-refractivity contribution in [3.05, 3.63) is 69.8 Å². The molecule has 2 aromatic carbocycles. The number of aliphatic carboxylic acids is 1. The summed E-state index contributed by atoms with van der Waals surface area (Å²) in [6.45, 7) is 0.889. The number of hydrogen-bond donors (Lipinski definition) is 1. The molecule has 0 radical (unpaired) electrons. The minimum absolute atomic E-state index is 0.142. The molecule has 0 atom stereocenters. The van der Waals surface area contributed by atoms with Crippen molar-refractivity contribution in [2.24, 2.45) is 0 Å². The average Bonchev–Trinajstić information content (AvgIpc) is 2.68. The minimum atomic E-state index is -0.958. The molecule has 0 aromatic heterocycles. The third kappa shape index (κ3) is 3.03. The Morgan fingerprint density at radius 2 is 1.81 bits per heavy atom. The zero-order chi connectivity index (χ0) is 18.7. The smallest absolute Gasteiger partial charge is 0.314 e. The van der Waals surface area contributed by atoms with E-state index in [1.807, 2.05) is 35.2 Å². The molecule has 2 aromatic rings. The standard InChI is InChI=1S/C19H18N2O5/c22-13-14-12-16(21(25)26)6-7-17(14)20-10-8-19(9-11-20,18(23)24)15-4-2-1-3-5-15/h1-7,12-13H,8-11H2,(H,23,24). The van der Waals surface area contributed by atoms with Crippen LogP contribution in [0.1, 0.15) is 28.8 Å². The highest BCUT2D eigenvalue weighted by Gasteiger charge is 2.43. The van der Waals surface area contributed by atoms with E-state index in [2.05, 4.69) is 0 Å². The van der Waals surface area contributed by atoms with Crippen molar-refractivity contribution in [3.8, 4) is 0 Å². The Labute approximate surface area is 150 Å². The van der Waals surface area contributed by atoms with Crippen molar-refractivity contribution < 1.29 is 19.6 Å². The lowest BCUT2D eigenvalue weighted by atomic mass is 9.72. The number of piperidine rings is 1. The number of nitrogens with zero attached hydrogens (tertiary/aromatic N) is 2. The highest BCUT2D eigenvalue weighted by Crippen LogP contribution is 2.38. The van der Waals surface area contributed by atoms with E-state index in [0.29, 0.717) is 37.9 Å². The zero-order valence-corrected chi connectivity index (χ0v) is 14.0. The molecule has 7 nitrogen and oxygen atoms in total. The van der Waals surface area contributed by atoms with E-state index in [4.69, 9.17) is 0 Å². The fraction of sp³-hybridized carbons (Fsp3) is 0.263. The van der Waals surface area contributed by atoms with E-state index in [9.17, 15) is 24.8 Å². The highest BCUT2D eigenvalue weighted by atomic mass is 16.6. The van der Waals surface area contributed by atoms with Crippen LogP contribution < -0.4 is 4.90 Å². The number of non-ortho nitro benzene ring substituents is 1. The van der Waals surface area contributed by atoms with Gasteiger partial charge in [0.25, 0.3) is 5.69 Å². The SMILES string of the molecule is O=Cc1cc([N+](=O)[O-])ccc1N1CCC(C(=O)O)(c2ccccc2)CC1. The number of rotatable bonds is 5. The molecule has 0 spiro atoms. The Morgan fingerprint density at radius 1 is 1.15 bits per heavy atom. The number of carbonyl (C=O) groups excluding carboxylic acids is 1. The molecule has 0 saturated carbocycles. The summed E-state index contributed by atoms with van der Waals surface area (Å²) in [7, 11) is 0. The summed E-state index contributed by atoms with van der Waals surface area (Å²) in [6.07, 6.45) is 1.38. The third-order valence-electron chi connectivity index (χ3n) is 5.04. The van der Waals surface area contributed by atoms with Crippen molar-refractivity contribution in [1.29, 1.82) is 0 Å². The first-order valence-corrected chi connectivity index (χ1v) is 8.25. The van der Waals surface area contributed by atoms with Gasteiger partial charge in [-0.15, -0.1) is 0 Å². The maximum absolute atomic E-state index is 12.0. The van der Waals surface area contributed by atoms with Gasteiger partial charge >= 0.3 is 5.97 Å². The molecule has 7 heteroatoms. The van der Waals surface area contributed by atoms with Gasteiger partial charge < -0.3 is 10.0 Å².